The summed E-state index contributed by atoms with van der Waals surface area (Å²) in [5.74, 6) is -0.0418. The van der Waals surface area contributed by atoms with Gasteiger partial charge in [0, 0.05) is 24.7 Å². The fraction of sp³-hybridized carbons (Fsp3) is 0.348. The molecule has 3 heterocycles. The monoisotopic (exact) mass is 375 g/mol. The van der Waals surface area contributed by atoms with Gasteiger partial charge in [-0.05, 0) is 41.7 Å². The highest BCUT2D eigenvalue weighted by atomic mass is 16.2. The Morgan fingerprint density at radius 3 is 2.50 bits per heavy atom. The zero-order chi connectivity index (χ0) is 20.1. The highest BCUT2D eigenvalue weighted by Gasteiger charge is 2.26. The number of pyridine rings is 1. The maximum Gasteiger partial charge on any atom is 0.263 e. The van der Waals surface area contributed by atoms with Crippen LogP contribution in [0.25, 0.3) is 5.65 Å². The van der Waals surface area contributed by atoms with E-state index in [9.17, 15) is 9.59 Å². The molecule has 0 N–H and O–H groups in total. The van der Waals surface area contributed by atoms with E-state index < -0.39 is 0 Å². The molecule has 5 nitrogen and oxygen atoms in total. The molecule has 0 saturated heterocycles. The van der Waals surface area contributed by atoms with Crippen LogP contribution in [0.1, 0.15) is 53.5 Å². The van der Waals surface area contributed by atoms with Crippen molar-refractivity contribution in [3.05, 3.63) is 80.9 Å². The lowest BCUT2D eigenvalue weighted by atomic mass is 9.86. The quantitative estimate of drug-likeness (QED) is 0.654. The molecule has 0 fully saturated rings. The molecule has 1 aromatic carbocycles. The summed E-state index contributed by atoms with van der Waals surface area (Å²) in [7, 11) is 0. The number of carbonyl (C=O) groups excluding carboxylic acids is 1. The van der Waals surface area contributed by atoms with Gasteiger partial charge in [-0.2, -0.15) is 0 Å². The number of aryl methyl sites for hydroxylation is 1. The second kappa shape index (κ2) is 6.59. The lowest BCUT2D eigenvalue weighted by molar-refractivity contribution is 0.0732. The summed E-state index contributed by atoms with van der Waals surface area (Å²) in [5, 5.41) is 0. The molecule has 4 rings (SSSR count). The van der Waals surface area contributed by atoms with Crippen molar-refractivity contribution in [2.45, 2.75) is 46.1 Å². The van der Waals surface area contributed by atoms with Crippen molar-refractivity contribution in [3.63, 3.8) is 0 Å². The fourth-order valence-corrected chi connectivity index (χ4v) is 3.72. The molecule has 0 spiro atoms. The number of fused-ring (bicyclic) bond motifs is 2. The third kappa shape index (κ3) is 3.11. The molecule has 1 amide bonds. The van der Waals surface area contributed by atoms with E-state index in [1.807, 2.05) is 43.3 Å². The van der Waals surface area contributed by atoms with Crippen molar-refractivity contribution in [3.8, 4) is 0 Å². The van der Waals surface area contributed by atoms with E-state index in [1.54, 1.807) is 15.5 Å². The van der Waals surface area contributed by atoms with Gasteiger partial charge in [0.2, 0.25) is 0 Å². The largest absolute Gasteiger partial charge is 0.334 e. The number of aromatic nitrogens is 2. The summed E-state index contributed by atoms with van der Waals surface area (Å²) >= 11 is 0. The summed E-state index contributed by atoms with van der Waals surface area (Å²) in [6.07, 6.45) is 2.34. The van der Waals surface area contributed by atoms with Gasteiger partial charge in [0.15, 0.2) is 0 Å². The first-order valence-electron chi connectivity index (χ1n) is 9.65. The average molecular weight is 375 g/mol. The van der Waals surface area contributed by atoms with Crippen LogP contribution in [0.3, 0.4) is 0 Å². The first-order valence-corrected chi connectivity index (χ1v) is 9.65. The van der Waals surface area contributed by atoms with E-state index in [-0.39, 0.29) is 16.9 Å². The van der Waals surface area contributed by atoms with Crippen molar-refractivity contribution in [2.24, 2.45) is 0 Å². The second-order valence-corrected chi connectivity index (χ2v) is 8.53. The van der Waals surface area contributed by atoms with Gasteiger partial charge in [-0.3, -0.25) is 14.0 Å². The van der Waals surface area contributed by atoms with E-state index in [1.165, 1.54) is 5.56 Å². The first kappa shape index (κ1) is 18.4. The first-order chi connectivity index (χ1) is 13.3. The second-order valence-electron chi connectivity index (χ2n) is 8.53. The van der Waals surface area contributed by atoms with Gasteiger partial charge in [0.05, 0.1) is 17.8 Å². The summed E-state index contributed by atoms with van der Waals surface area (Å²) in [6.45, 7) is 9.28. The van der Waals surface area contributed by atoms with Gasteiger partial charge in [0.25, 0.3) is 11.5 Å². The Morgan fingerprint density at radius 1 is 1.11 bits per heavy atom. The van der Waals surface area contributed by atoms with Crippen LogP contribution in [-0.2, 0) is 18.4 Å². The van der Waals surface area contributed by atoms with Gasteiger partial charge in [-0.25, -0.2) is 4.98 Å². The third-order valence-electron chi connectivity index (χ3n) is 5.48. The van der Waals surface area contributed by atoms with E-state index in [0.717, 1.165) is 11.3 Å². The number of amides is 1. The van der Waals surface area contributed by atoms with E-state index >= 15 is 0 Å². The topological polar surface area (TPSA) is 54.7 Å². The SMILES string of the molecule is Cc1cccn2c(=O)c3c(nc12)CCN(C(=O)c1ccc(C(C)(C)C)cc1)C3. The van der Waals surface area contributed by atoms with E-state index in [4.69, 9.17) is 4.98 Å². The van der Waals surface area contributed by atoms with Crippen LogP contribution in [0.4, 0.5) is 0 Å². The molecule has 0 aliphatic carbocycles. The minimum atomic E-state index is -0.0794. The molecule has 1 aliphatic rings. The molecule has 3 aromatic rings. The fourth-order valence-electron chi connectivity index (χ4n) is 3.72. The molecule has 2 aromatic heterocycles. The highest BCUT2D eigenvalue weighted by molar-refractivity contribution is 5.94. The molecular formula is C23H25N3O2. The summed E-state index contributed by atoms with van der Waals surface area (Å²) < 4.78 is 1.58. The molecular weight excluding hydrogens is 350 g/mol. The van der Waals surface area contributed by atoms with Gasteiger partial charge < -0.3 is 4.90 Å². The van der Waals surface area contributed by atoms with Crippen LogP contribution in [0, 0.1) is 6.92 Å². The minimum absolute atomic E-state index is 0.0418. The molecule has 1 aliphatic heterocycles. The van der Waals surface area contributed by atoms with Crippen molar-refractivity contribution in [1.82, 2.24) is 14.3 Å². The van der Waals surface area contributed by atoms with E-state index in [2.05, 4.69) is 20.8 Å². The number of rotatable bonds is 1. The third-order valence-corrected chi connectivity index (χ3v) is 5.48. The predicted octanol–water partition coefficient (Wildman–Crippen LogP) is 3.50. The smallest absolute Gasteiger partial charge is 0.263 e. The van der Waals surface area contributed by atoms with Gasteiger partial charge in [-0.1, -0.05) is 39.0 Å². The lowest BCUT2D eigenvalue weighted by Gasteiger charge is -2.28. The Bertz CT molecular complexity index is 1120. The molecule has 0 unspecified atom stereocenters. The maximum absolute atomic E-state index is 13.0. The minimum Gasteiger partial charge on any atom is -0.334 e. The zero-order valence-electron chi connectivity index (χ0n) is 16.8. The Balaban J connectivity index is 1.65. The molecule has 0 radical (unpaired) electrons. The number of benzene rings is 1. The number of carbonyl (C=O) groups is 1. The molecule has 0 bridgehead atoms. The highest BCUT2D eigenvalue weighted by Crippen LogP contribution is 2.23. The van der Waals surface area contributed by atoms with Gasteiger partial charge in [-0.15, -0.1) is 0 Å². The van der Waals surface area contributed by atoms with Crippen LogP contribution in [0.2, 0.25) is 0 Å². The number of hydrogen-bond donors (Lipinski definition) is 0. The van der Waals surface area contributed by atoms with E-state index in [0.29, 0.717) is 36.3 Å². The van der Waals surface area contributed by atoms with Crippen LogP contribution in [0.5, 0.6) is 0 Å². The normalized spacial score (nSPS) is 14.2. The maximum atomic E-state index is 13.0. The molecule has 0 atom stereocenters. The van der Waals surface area contributed by atoms with Crippen LogP contribution in [0.15, 0.2) is 47.4 Å². The van der Waals surface area contributed by atoms with Crippen molar-refractivity contribution in [1.29, 1.82) is 0 Å². The average Bonchev–Trinajstić information content (AvgIpc) is 2.68. The number of nitrogens with zero attached hydrogens (tertiary/aromatic N) is 3. The Kier molecular flexibility index (Phi) is 4.33. The van der Waals surface area contributed by atoms with Crippen LogP contribution < -0.4 is 5.56 Å². The van der Waals surface area contributed by atoms with Crippen molar-refractivity contribution < 1.29 is 4.79 Å². The molecule has 0 saturated carbocycles. The van der Waals surface area contributed by atoms with Crippen LogP contribution in [-0.4, -0.2) is 26.7 Å². The lowest BCUT2D eigenvalue weighted by Crippen LogP contribution is -2.40. The van der Waals surface area contributed by atoms with Crippen molar-refractivity contribution in [2.75, 3.05) is 6.54 Å². The Labute approximate surface area is 164 Å². The summed E-state index contributed by atoms with van der Waals surface area (Å²) in [5.41, 5.74) is 4.91. The molecule has 5 heteroatoms. The Hall–Kier alpha value is -2.95. The van der Waals surface area contributed by atoms with Gasteiger partial charge >= 0.3 is 0 Å². The standard InChI is InChI=1S/C23H25N3O2/c1-15-6-5-12-26-20(15)24-19-11-13-25(14-18(19)22(26)28)21(27)16-7-9-17(10-8-16)23(2,3)4/h5-10,12H,11,13-14H2,1-4H3. The summed E-state index contributed by atoms with van der Waals surface area (Å²) in [4.78, 5) is 32.4. The zero-order valence-corrected chi connectivity index (χ0v) is 16.8. The van der Waals surface area contributed by atoms with Crippen molar-refractivity contribution >= 4 is 11.6 Å². The number of hydrogen-bond acceptors (Lipinski definition) is 3. The Morgan fingerprint density at radius 2 is 1.82 bits per heavy atom. The molecule has 28 heavy (non-hydrogen) atoms. The van der Waals surface area contributed by atoms with Crippen LogP contribution >= 0.6 is 0 Å². The van der Waals surface area contributed by atoms with Gasteiger partial charge in [0.1, 0.15) is 5.65 Å². The predicted molar refractivity (Wildman–Crippen MR) is 110 cm³/mol. The molecule has 144 valence electrons. The summed E-state index contributed by atoms with van der Waals surface area (Å²) in [6, 6.07) is 11.6.